The largest absolute Gasteiger partial charge is 0.496 e. The maximum atomic E-state index is 12.7. The second-order valence-corrected chi connectivity index (χ2v) is 7.15. The summed E-state index contributed by atoms with van der Waals surface area (Å²) in [6, 6.07) is 5.03. The van der Waals surface area contributed by atoms with Crippen molar-refractivity contribution in [2.24, 2.45) is 0 Å². The summed E-state index contributed by atoms with van der Waals surface area (Å²) in [5, 5.41) is 3.03. The zero-order valence-electron chi connectivity index (χ0n) is 12.8. The molecular weight excluding hydrogens is 290 g/mol. The second kappa shape index (κ2) is 6.74. The van der Waals surface area contributed by atoms with Crippen LogP contribution in [0.5, 0.6) is 5.75 Å². The number of benzene rings is 1. The molecule has 1 saturated heterocycles. The van der Waals surface area contributed by atoms with E-state index in [1.807, 2.05) is 14.1 Å². The van der Waals surface area contributed by atoms with E-state index in [9.17, 15) is 8.42 Å². The van der Waals surface area contributed by atoms with Gasteiger partial charge in [0.2, 0.25) is 10.0 Å². The van der Waals surface area contributed by atoms with Crippen molar-refractivity contribution in [2.45, 2.75) is 11.4 Å². The molecule has 7 heteroatoms. The van der Waals surface area contributed by atoms with Gasteiger partial charge in [0.05, 0.1) is 12.0 Å². The summed E-state index contributed by atoms with van der Waals surface area (Å²) in [6.45, 7) is 3.16. The third kappa shape index (κ3) is 3.55. The molecule has 0 aliphatic carbocycles. The summed E-state index contributed by atoms with van der Waals surface area (Å²) in [5.41, 5.74) is 0.843. The van der Waals surface area contributed by atoms with Gasteiger partial charge in [-0.05, 0) is 32.3 Å². The summed E-state index contributed by atoms with van der Waals surface area (Å²) in [7, 11) is 1.98. The fourth-order valence-electron chi connectivity index (χ4n) is 2.42. The minimum absolute atomic E-state index is 0.332. The number of rotatable bonds is 5. The Kier molecular flexibility index (Phi) is 5.21. The lowest BCUT2D eigenvalue weighted by Crippen LogP contribution is -2.47. The third-order valence-electron chi connectivity index (χ3n) is 3.72. The number of ether oxygens (including phenoxy) is 1. The van der Waals surface area contributed by atoms with E-state index in [4.69, 9.17) is 4.74 Å². The number of methoxy groups -OCH3 is 1. The molecule has 1 aromatic rings. The van der Waals surface area contributed by atoms with Crippen LogP contribution < -0.4 is 10.1 Å². The number of hydrogen-bond acceptors (Lipinski definition) is 5. The molecule has 0 amide bonds. The molecular formula is C14H23N3O3S. The highest BCUT2D eigenvalue weighted by Gasteiger charge is 2.27. The van der Waals surface area contributed by atoms with E-state index in [0.29, 0.717) is 30.3 Å². The molecule has 0 saturated carbocycles. The first-order valence-corrected chi connectivity index (χ1v) is 8.43. The Balaban J connectivity index is 2.29. The van der Waals surface area contributed by atoms with Gasteiger partial charge < -0.3 is 15.0 Å². The zero-order chi connectivity index (χ0) is 15.5. The van der Waals surface area contributed by atoms with E-state index in [-0.39, 0.29) is 0 Å². The minimum Gasteiger partial charge on any atom is -0.496 e. The van der Waals surface area contributed by atoms with Gasteiger partial charge in [-0.25, -0.2) is 8.42 Å². The van der Waals surface area contributed by atoms with Crippen LogP contribution in [0.4, 0.5) is 0 Å². The van der Waals surface area contributed by atoms with Gasteiger partial charge in [-0.15, -0.1) is 0 Å². The van der Waals surface area contributed by atoms with Gasteiger partial charge in [0.1, 0.15) is 5.75 Å². The first-order valence-electron chi connectivity index (χ1n) is 6.99. The van der Waals surface area contributed by atoms with E-state index in [1.165, 1.54) is 0 Å². The standard InChI is InChI=1S/C14H23N3O3S/c1-15-11-12-10-13(4-5-14(12)20-3)21(18,19)17-8-6-16(2)7-9-17/h4-5,10,15H,6-9,11H2,1-3H3. The highest BCUT2D eigenvalue weighted by atomic mass is 32.2. The normalized spacial score (nSPS) is 17.9. The fraction of sp³-hybridized carbons (Fsp3) is 0.571. The first-order chi connectivity index (χ1) is 9.98. The highest BCUT2D eigenvalue weighted by molar-refractivity contribution is 7.89. The molecule has 21 heavy (non-hydrogen) atoms. The van der Waals surface area contributed by atoms with Crippen LogP contribution in [0, 0.1) is 0 Å². The lowest BCUT2D eigenvalue weighted by atomic mass is 10.2. The van der Waals surface area contributed by atoms with Crippen LogP contribution in [0.1, 0.15) is 5.56 Å². The van der Waals surface area contributed by atoms with Crippen LogP contribution in [0.2, 0.25) is 0 Å². The molecule has 1 heterocycles. The maximum Gasteiger partial charge on any atom is 0.243 e. The van der Waals surface area contributed by atoms with Crippen molar-refractivity contribution in [3.05, 3.63) is 23.8 Å². The first kappa shape index (κ1) is 16.2. The highest BCUT2D eigenvalue weighted by Crippen LogP contribution is 2.25. The predicted octanol–water partition coefficient (Wildman–Crippen LogP) is 0.351. The average Bonchev–Trinajstić information content (AvgIpc) is 2.48. The monoisotopic (exact) mass is 313 g/mol. The summed E-state index contributed by atoms with van der Waals surface area (Å²) in [5.74, 6) is 0.696. The van der Waals surface area contributed by atoms with E-state index in [0.717, 1.165) is 18.7 Å². The Hall–Kier alpha value is -1.15. The number of hydrogen-bond donors (Lipinski definition) is 1. The summed E-state index contributed by atoms with van der Waals surface area (Å²) < 4.78 is 32.2. The van der Waals surface area contributed by atoms with Crippen LogP contribution in [0.3, 0.4) is 0 Å². The predicted molar refractivity (Wildman–Crippen MR) is 82.0 cm³/mol. The van der Waals surface area contributed by atoms with E-state index in [1.54, 1.807) is 29.6 Å². The molecule has 6 nitrogen and oxygen atoms in total. The van der Waals surface area contributed by atoms with Crippen molar-refractivity contribution in [3.63, 3.8) is 0 Å². The second-order valence-electron chi connectivity index (χ2n) is 5.21. The lowest BCUT2D eigenvalue weighted by Gasteiger charge is -2.31. The molecule has 118 valence electrons. The molecule has 1 N–H and O–H groups in total. The number of sulfonamides is 1. The molecule has 0 aromatic heterocycles. The number of nitrogens with one attached hydrogen (secondary N) is 1. The summed E-state index contributed by atoms with van der Waals surface area (Å²) in [4.78, 5) is 2.46. The van der Waals surface area contributed by atoms with Gasteiger partial charge in [0, 0.05) is 38.3 Å². The minimum atomic E-state index is -3.43. The van der Waals surface area contributed by atoms with Gasteiger partial charge >= 0.3 is 0 Å². The van der Waals surface area contributed by atoms with Crippen molar-refractivity contribution in [1.82, 2.24) is 14.5 Å². The van der Waals surface area contributed by atoms with Gasteiger partial charge in [-0.2, -0.15) is 4.31 Å². The molecule has 0 bridgehead atoms. The Labute approximate surface area is 126 Å². The molecule has 0 atom stereocenters. The van der Waals surface area contributed by atoms with Crippen molar-refractivity contribution < 1.29 is 13.2 Å². The molecule has 0 spiro atoms. The Morgan fingerprint density at radius 3 is 2.48 bits per heavy atom. The van der Waals surface area contributed by atoms with Crippen molar-refractivity contribution in [2.75, 3.05) is 47.4 Å². The maximum absolute atomic E-state index is 12.7. The molecule has 1 aromatic carbocycles. The summed E-state index contributed by atoms with van der Waals surface area (Å²) >= 11 is 0. The van der Waals surface area contributed by atoms with E-state index >= 15 is 0 Å². The Bertz CT molecular complexity index is 581. The third-order valence-corrected chi connectivity index (χ3v) is 5.61. The average molecular weight is 313 g/mol. The fourth-order valence-corrected chi connectivity index (χ4v) is 3.89. The molecule has 0 radical (unpaired) electrons. The quantitative estimate of drug-likeness (QED) is 0.850. The topological polar surface area (TPSA) is 61.9 Å². The number of piperazine rings is 1. The van der Waals surface area contributed by atoms with Gasteiger partial charge in [-0.3, -0.25) is 0 Å². The van der Waals surface area contributed by atoms with Crippen LogP contribution in [0.25, 0.3) is 0 Å². The zero-order valence-corrected chi connectivity index (χ0v) is 13.6. The smallest absolute Gasteiger partial charge is 0.243 e. The molecule has 1 aliphatic rings. The lowest BCUT2D eigenvalue weighted by molar-refractivity contribution is 0.222. The van der Waals surface area contributed by atoms with Gasteiger partial charge in [0.15, 0.2) is 0 Å². The molecule has 1 fully saturated rings. The molecule has 0 unspecified atom stereocenters. The number of likely N-dealkylation sites (N-methyl/N-ethyl adjacent to an activating group) is 1. The number of nitrogens with zero attached hydrogens (tertiary/aromatic N) is 2. The van der Waals surface area contributed by atoms with E-state index in [2.05, 4.69) is 10.2 Å². The van der Waals surface area contributed by atoms with Crippen LogP contribution >= 0.6 is 0 Å². The van der Waals surface area contributed by atoms with Crippen molar-refractivity contribution in [1.29, 1.82) is 0 Å². The van der Waals surface area contributed by atoms with Crippen LogP contribution in [0.15, 0.2) is 23.1 Å². The van der Waals surface area contributed by atoms with Gasteiger partial charge in [-0.1, -0.05) is 0 Å². The summed E-state index contributed by atoms with van der Waals surface area (Å²) in [6.07, 6.45) is 0. The Morgan fingerprint density at radius 2 is 1.90 bits per heavy atom. The van der Waals surface area contributed by atoms with Crippen LogP contribution in [-0.2, 0) is 16.6 Å². The van der Waals surface area contributed by atoms with Crippen molar-refractivity contribution >= 4 is 10.0 Å². The molecule has 1 aliphatic heterocycles. The van der Waals surface area contributed by atoms with Gasteiger partial charge in [0.25, 0.3) is 0 Å². The van der Waals surface area contributed by atoms with Crippen LogP contribution in [-0.4, -0.2) is 65.0 Å². The van der Waals surface area contributed by atoms with E-state index < -0.39 is 10.0 Å². The SMILES string of the molecule is CNCc1cc(S(=O)(=O)N2CCN(C)CC2)ccc1OC. The Morgan fingerprint density at radius 1 is 1.24 bits per heavy atom. The molecule has 2 rings (SSSR count). The van der Waals surface area contributed by atoms with Crippen molar-refractivity contribution in [3.8, 4) is 5.75 Å².